The number of nitrogens with zero attached hydrogens (tertiary/aromatic N) is 8. The Morgan fingerprint density at radius 3 is 1.06 bits per heavy atom. The first-order valence-corrected chi connectivity index (χ1v) is 16.1. The van der Waals surface area contributed by atoms with Gasteiger partial charge in [0.1, 0.15) is 11.6 Å². The van der Waals surface area contributed by atoms with Crippen LogP contribution in [0.3, 0.4) is 0 Å². The van der Waals surface area contributed by atoms with Crippen molar-refractivity contribution in [3.05, 3.63) is 142 Å². The summed E-state index contributed by atoms with van der Waals surface area (Å²) in [5.41, 5.74) is 2.51. The summed E-state index contributed by atoms with van der Waals surface area (Å²) in [4.78, 5) is 0. The topological polar surface area (TPSA) is 153 Å². The van der Waals surface area contributed by atoms with E-state index in [4.69, 9.17) is 0 Å². The molecule has 2 heterocycles. The largest absolute Gasteiger partial charge is 0.417 e. The molecule has 0 spiro atoms. The second kappa shape index (κ2) is 12.2. The van der Waals surface area contributed by atoms with Crippen LogP contribution < -0.4 is 0 Å². The minimum atomic E-state index is -4.86. The lowest BCUT2D eigenvalue weighted by Gasteiger charge is -2.20. The number of hydrogen-bond donors (Lipinski definition) is 0. The molecule has 8 aromatic rings. The highest BCUT2D eigenvalue weighted by Gasteiger charge is 2.35. The predicted octanol–water partition coefficient (Wildman–Crippen LogP) is 9.80. The Labute approximate surface area is 304 Å². The Bertz CT molecular complexity index is 2920. The quantitative estimate of drug-likeness (QED) is 0.179. The van der Waals surface area contributed by atoms with E-state index in [0.29, 0.717) is 65.9 Å². The van der Waals surface area contributed by atoms with Crippen molar-refractivity contribution in [1.29, 1.82) is 31.6 Å². The van der Waals surface area contributed by atoms with E-state index < -0.39 is 11.7 Å². The summed E-state index contributed by atoms with van der Waals surface area (Å²) >= 11 is 0. The molecular formula is C43H17F3N8. The zero-order valence-electron chi connectivity index (χ0n) is 27.5. The molecule has 11 heteroatoms. The first-order chi connectivity index (χ1) is 26.1. The van der Waals surface area contributed by atoms with Gasteiger partial charge in [-0.25, -0.2) is 0 Å². The third-order valence-electron chi connectivity index (χ3n) is 9.50. The van der Waals surface area contributed by atoms with Gasteiger partial charge in [-0.05, 0) is 108 Å². The lowest BCUT2D eigenvalue weighted by atomic mass is 9.94. The van der Waals surface area contributed by atoms with Gasteiger partial charge in [0.05, 0.1) is 97.2 Å². The molecule has 0 saturated heterocycles. The molecule has 2 aromatic heterocycles. The van der Waals surface area contributed by atoms with Crippen molar-refractivity contribution in [3.63, 3.8) is 0 Å². The fourth-order valence-electron chi connectivity index (χ4n) is 7.18. The van der Waals surface area contributed by atoms with Gasteiger partial charge in [-0.3, -0.25) is 0 Å². The van der Waals surface area contributed by atoms with Crippen LogP contribution >= 0.6 is 0 Å². The van der Waals surface area contributed by atoms with Gasteiger partial charge in [-0.2, -0.15) is 44.7 Å². The Hall–Kier alpha value is -8.35. The normalized spacial score (nSPS) is 11.1. The van der Waals surface area contributed by atoms with E-state index in [2.05, 4.69) is 30.3 Å². The molecule has 0 atom stereocenters. The summed E-state index contributed by atoms with van der Waals surface area (Å²) in [7, 11) is 0. The number of fused-ring (bicyclic) bond motifs is 6. The molecule has 0 amide bonds. The van der Waals surface area contributed by atoms with Crippen LogP contribution in [0.25, 0.3) is 66.1 Å². The van der Waals surface area contributed by atoms with Gasteiger partial charge < -0.3 is 9.13 Å². The molecule has 0 saturated carbocycles. The number of nitriles is 6. The molecule has 54 heavy (non-hydrogen) atoms. The molecule has 6 aromatic carbocycles. The van der Waals surface area contributed by atoms with E-state index >= 15 is 0 Å². The van der Waals surface area contributed by atoms with Gasteiger partial charge >= 0.3 is 6.18 Å². The van der Waals surface area contributed by atoms with Crippen molar-refractivity contribution in [1.82, 2.24) is 9.13 Å². The lowest BCUT2D eigenvalue weighted by Crippen LogP contribution is -2.09. The monoisotopic (exact) mass is 702 g/mol. The van der Waals surface area contributed by atoms with E-state index in [0.717, 1.165) is 6.07 Å². The maximum absolute atomic E-state index is 14.8. The average molecular weight is 703 g/mol. The molecule has 0 aliphatic heterocycles. The third kappa shape index (κ3) is 4.95. The highest BCUT2D eigenvalue weighted by atomic mass is 19.4. The van der Waals surface area contributed by atoms with Crippen molar-refractivity contribution in [2.75, 3.05) is 0 Å². The van der Waals surface area contributed by atoms with Crippen LogP contribution in [0, 0.1) is 68.0 Å². The lowest BCUT2D eigenvalue weighted by molar-refractivity contribution is -0.137. The van der Waals surface area contributed by atoms with Crippen molar-refractivity contribution in [2.45, 2.75) is 6.18 Å². The Morgan fingerprint density at radius 2 is 0.741 bits per heavy atom. The molecule has 0 fully saturated rings. The van der Waals surface area contributed by atoms with Crippen molar-refractivity contribution < 1.29 is 13.2 Å². The van der Waals surface area contributed by atoms with E-state index in [9.17, 15) is 44.7 Å². The molecule has 250 valence electrons. The van der Waals surface area contributed by atoms with Crippen LogP contribution in [-0.4, -0.2) is 9.13 Å². The highest BCUT2D eigenvalue weighted by Crippen LogP contribution is 2.43. The fourth-order valence-corrected chi connectivity index (χ4v) is 7.18. The second-order valence-electron chi connectivity index (χ2n) is 12.4. The summed E-state index contributed by atoms with van der Waals surface area (Å²) in [6, 6.07) is 38.6. The highest BCUT2D eigenvalue weighted by molar-refractivity contribution is 6.12. The van der Waals surface area contributed by atoms with Crippen molar-refractivity contribution in [2.24, 2.45) is 0 Å². The molecule has 0 radical (unpaired) electrons. The van der Waals surface area contributed by atoms with Crippen LogP contribution in [0.2, 0.25) is 0 Å². The van der Waals surface area contributed by atoms with Crippen LogP contribution in [0.1, 0.15) is 38.9 Å². The Morgan fingerprint density at radius 1 is 0.407 bits per heavy atom. The molecule has 0 aliphatic rings. The van der Waals surface area contributed by atoms with Gasteiger partial charge in [-0.15, -0.1) is 0 Å². The number of rotatable bonds is 3. The molecular weight excluding hydrogens is 686 g/mol. The minimum absolute atomic E-state index is 0.0704. The number of aromatic nitrogens is 2. The molecule has 8 rings (SSSR count). The number of hydrogen-bond acceptors (Lipinski definition) is 6. The van der Waals surface area contributed by atoms with Gasteiger partial charge in [0.2, 0.25) is 0 Å². The maximum Gasteiger partial charge on any atom is 0.417 e. The summed E-state index contributed by atoms with van der Waals surface area (Å²) in [5.74, 6) is 0. The first-order valence-electron chi connectivity index (χ1n) is 16.1. The standard InChI is InChI=1S/C43H17F3N8/c44-43(45,46)36-15-28(22-51)1-6-30(36)29-16-41(53-37-7-2-24(18-47)11-31(37)32-12-25(19-48)3-8-38(32)53)35(23-52)42(17-29)54-39-9-4-26(20-49)13-33(39)34-14-27(21-50)5-10-40(34)54/h1-17H. The van der Waals surface area contributed by atoms with Gasteiger partial charge in [0.15, 0.2) is 0 Å². The summed E-state index contributed by atoms with van der Waals surface area (Å²) in [6.45, 7) is 0. The van der Waals surface area contributed by atoms with E-state index in [1.165, 1.54) is 24.3 Å². The number of halogens is 3. The van der Waals surface area contributed by atoms with E-state index in [1.54, 1.807) is 88.0 Å². The molecule has 8 nitrogen and oxygen atoms in total. The zero-order valence-corrected chi connectivity index (χ0v) is 27.5. The molecule has 0 aliphatic carbocycles. The SMILES string of the molecule is N#Cc1ccc(-c2cc(-n3c4ccc(C#N)cc4c4cc(C#N)ccc43)c(C#N)c(-n3c4ccc(C#N)cc4c4cc(C#N)ccc43)c2)c(C(F)(F)F)c1. The van der Waals surface area contributed by atoms with Crippen molar-refractivity contribution >= 4 is 43.6 Å². The van der Waals surface area contributed by atoms with E-state index in [1.807, 2.05) is 0 Å². The summed E-state index contributed by atoms with van der Waals surface area (Å²) < 4.78 is 47.8. The molecule has 0 N–H and O–H groups in total. The Balaban J connectivity index is 1.59. The van der Waals surface area contributed by atoms with E-state index in [-0.39, 0.29) is 33.6 Å². The van der Waals surface area contributed by atoms with Gasteiger partial charge in [-0.1, -0.05) is 6.07 Å². The smallest absolute Gasteiger partial charge is 0.308 e. The molecule has 0 bridgehead atoms. The van der Waals surface area contributed by atoms with Crippen LogP contribution in [0.4, 0.5) is 13.2 Å². The first kappa shape index (κ1) is 32.8. The third-order valence-corrected chi connectivity index (χ3v) is 9.50. The van der Waals surface area contributed by atoms with Crippen molar-refractivity contribution in [3.8, 4) is 58.9 Å². The van der Waals surface area contributed by atoms with Gasteiger partial charge in [0.25, 0.3) is 0 Å². The maximum atomic E-state index is 14.8. The second-order valence-corrected chi connectivity index (χ2v) is 12.4. The van der Waals surface area contributed by atoms with Crippen LogP contribution in [0.5, 0.6) is 0 Å². The fraction of sp³-hybridized carbons (Fsp3) is 0.0233. The number of alkyl halides is 3. The molecule has 0 unspecified atom stereocenters. The average Bonchev–Trinajstić information content (AvgIpc) is 3.70. The van der Waals surface area contributed by atoms with Crippen LogP contribution in [-0.2, 0) is 6.18 Å². The van der Waals surface area contributed by atoms with Crippen LogP contribution in [0.15, 0.2) is 103 Å². The Kier molecular flexibility index (Phi) is 7.39. The summed E-state index contributed by atoms with van der Waals surface area (Å²) in [6.07, 6.45) is -4.86. The number of benzene rings is 6. The summed E-state index contributed by atoms with van der Waals surface area (Å²) in [5, 5.41) is 61.9. The van der Waals surface area contributed by atoms with Gasteiger partial charge in [0, 0.05) is 21.5 Å². The predicted molar refractivity (Wildman–Crippen MR) is 194 cm³/mol. The minimum Gasteiger partial charge on any atom is -0.308 e. The zero-order chi connectivity index (χ0) is 37.9.